The van der Waals surface area contributed by atoms with Crippen molar-refractivity contribution in [3.8, 4) is 0 Å². The van der Waals surface area contributed by atoms with E-state index >= 15 is 0 Å². The maximum absolute atomic E-state index is 10.2. The molecule has 0 bridgehead atoms. The SMILES string of the molecule is CCn1ccnc1C(O)C1CCCNC1. The molecule has 0 amide bonds. The van der Waals surface area contributed by atoms with E-state index in [1.54, 1.807) is 6.20 Å². The molecule has 2 atom stereocenters. The molecule has 2 heterocycles. The minimum atomic E-state index is -0.423. The molecule has 0 radical (unpaired) electrons. The number of aliphatic hydroxyl groups excluding tert-OH is 1. The van der Waals surface area contributed by atoms with Crippen LogP contribution in [-0.2, 0) is 6.54 Å². The quantitative estimate of drug-likeness (QED) is 0.779. The number of nitrogens with zero attached hydrogens (tertiary/aromatic N) is 2. The number of aryl methyl sites for hydroxylation is 1. The Bertz CT molecular complexity index is 305. The van der Waals surface area contributed by atoms with Crippen LogP contribution in [0, 0.1) is 5.92 Å². The Morgan fingerprint density at radius 3 is 3.27 bits per heavy atom. The van der Waals surface area contributed by atoms with Crippen LogP contribution in [0.3, 0.4) is 0 Å². The van der Waals surface area contributed by atoms with Crippen molar-refractivity contribution in [2.45, 2.75) is 32.4 Å². The van der Waals surface area contributed by atoms with Gasteiger partial charge in [0.25, 0.3) is 0 Å². The fraction of sp³-hybridized carbons (Fsp3) is 0.727. The van der Waals surface area contributed by atoms with Gasteiger partial charge in [0.05, 0.1) is 0 Å². The van der Waals surface area contributed by atoms with Crippen LogP contribution in [-0.4, -0.2) is 27.7 Å². The number of aliphatic hydroxyl groups is 1. The summed E-state index contributed by atoms with van der Waals surface area (Å²) in [6.45, 7) is 4.91. The molecule has 1 aromatic rings. The van der Waals surface area contributed by atoms with E-state index in [-0.39, 0.29) is 0 Å². The van der Waals surface area contributed by atoms with Crippen molar-refractivity contribution in [2.24, 2.45) is 5.92 Å². The molecule has 2 N–H and O–H groups in total. The van der Waals surface area contributed by atoms with Gasteiger partial charge in [-0.1, -0.05) is 0 Å². The number of nitrogens with one attached hydrogen (secondary N) is 1. The smallest absolute Gasteiger partial charge is 0.137 e. The molecule has 1 fully saturated rings. The molecule has 0 aliphatic carbocycles. The summed E-state index contributed by atoms with van der Waals surface area (Å²) >= 11 is 0. The van der Waals surface area contributed by atoms with Gasteiger partial charge in [-0.05, 0) is 26.3 Å². The standard InChI is InChI=1S/C11H19N3O/c1-2-14-7-6-13-11(14)10(15)9-4-3-5-12-8-9/h6-7,9-10,12,15H,2-5,8H2,1H3. The molecule has 1 saturated heterocycles. The van der Waals surface area contributed by atoms with E-state index < -0.39 is 6.10 Å². The van der Waals surface area contributed by atoms with E-state index in [0.717, 1.165) is 38.3 Å². The van der Waals surface area contributed by atoms with E-state index in [1.165, 1.54) is 0 Å². The van der Waals surface area contributed by atoms with Crippen molar-refractivity contribution in [1.82, 2.24) is 14.9 Å². The first-order valence-electron chi connectivity index (χ1n) is 5.72. The van der Waals surface area contributed by atoms with Crippen LogP contribution >= 0.6 is 0 Å². The van der Waals surface area contributed by atoms with Crippen LogP contribution in [0.2, 0.25) is 0 Å². The van der Waals surface area contributed by atoms with Crippen LogP contribution in [0.4, 0.5) is 0 Å². The molecule has 2 rings (SSSR count). The normalized spacial score (nSPS) is 24.0. The number of imidazole rings is 1. The van der Waals surface area contributed by atoms with Crippen molar-refractivity contribution >= 4 is 0 Å². The predicted octanol–water partition coefficient (Wildman–Crippen LogP) is 0.936. The number of piperidine rings is 1. The van der Waals surface area contributed by atoms with Crippen molar-refractivity contribution in [3.63, 3.8) is 0 Å². The Kier molecular flexibility index (Phi) is 3.38. The van der Waals surface area contributed by atoms with Crippen LogP contribution < -0.4 is 5.32 Å². The molecule has 1 aliphatic rings. The molecule has 4 nitrogen and oxygen atoms in total. The van der Waals surface area contributed by atoms with E-state index in [1.807, 2.05) is 10.8 Å². The molecular weight excluding hydrogens is 190 g/mol. The fourth-order valence-corrected chi connectivity index (χ4v) is 2.21. The second-order valence-corrected chi connectivity index (χ2v) is 4.12. The molecule has 0 aromatic carbocycles. The van der Waals surface area contributed by atoms with Gasteiger partial charge in [-0.2, -0.15) is 0 Å². The summed E-state index contributed by atoms with van der Waals surface area (Å²) in [5, 5.41) is 13.5. The van der Waals surface area contributed by atoms with Gasteiger partial charge in [-0.3, -0.25) is 0 Å². The highest BCUT2D eigenvalue weighted by Gasteiger charge is 2.25. The van der Waals surface area contributed by atoms with Gasteiger partial charge in [0.2, 0.25) is 0 Å². The third kappa shape index (κ3) is 2.21. The lowest BCUT2D eigenvalue weighted by Gasteiger charge is -2.27. The van der Waals surface area contributed by atoms with E-state index in [2.05, 4.69) is 17.2 Å². The third-order valence-electron chi connectivity index (χ3n) is 3.13. The van der Waals surface area contributed by atoms with E-state index in [0.29, 0.717) is 5.92 Å². The summed E-state index contributed by atoms with van der Waals surface area (Å²) in [7, 11) is 0. The second-order valence-electron chi connectivity index (χ2n) is 4.12. The summed E-state index contributed by atoms with van der Waals surface area (Å²) < 4.78 is 2.01. The van der Waals surface area contributed by atoms with Crippen molar-refractivity contribution < 1.29 is 5.11 Å². The topological polar surface area (TPSA) is 50.1 Å². The Labute approximate surface area is 90.3 Å². The zero-order chi connectivity index (χ0) is 10.7. The average molecular weight is 209 g/mol. The molecule has 1 aliphatic heterocycles. The van der Waals surface area contributed by atoms with Crippen LogP contribution in [0.15, 0.2) is 12.4 Å². The summed E-state index contributed by atoms with van der Waals surface area (Å²) in [6, 6.07) is 0. The maximum atomic E-state index is 10.2. The zero-order valence-electron chi connectivity index (χ0n) is 9.19. The number of rotatable bonds is 3. The second kappa shape index (κ2) is 4.77. The summed E-state index contributed by atoms with van der Waals surface area (Å²) in [4.78, 5) is 4.25. The van der Waals surface area contributed by atoms with Gasteiger partial charge in [-0.25, -0.2) is 4.98 Å². The molecule has 2 unspecified atom stereocenters. The largest absolute Gasteiger partial charge is 0.385 e. The first-order valence-corrected chi connectivity index (χ1v) is 5.72. The fourth-order valence-electron chi connectivity index (χ4n) is 2.21. The summed E-state index contributed by atoms with van der Waals surface area (Å²) in [5.74, 6) is 1.12. The van der Waals surface area contributed by atoms with Gasteiger partial charge >= 0.3 is 0 Å². The van der Waals surface area contributed by atoms with Crippen molar-refractivity contribution in [1.29, 1.82) is 0 Å². The molecule has 1 aromatic heterocycles. The van der Waals surface area contributed by atoms with Crippen molar-refractivity contribution in [2.75, 3.05) is 13.1 Å². The van der Waals surface area contributed by atoms with Gasteiger partial charge in [0.1, 0.15) is 11.9 Å². The zero-order valence-corrected chi connectivity index (χ0v) is 9.19. The molecule has 15 heavy (non-hydrogen) atoms. The molecule has 0 spiro atoms. The monoisotopic (exact) mass is 209 g/mol. The molecule has 4 heteroatoms. The van der Waals surface area contributed by atoms with E-state index in [4.69, 9.17) is 0 Å². The maximum Gasteiger partial charge on any atom is 0.137 e. The highest BCUT2D eigenvalue weighted by Crippen LogP contribution is 2.25. The van der Waals surface area contributed by atoms with Gasteiger partial charge in [-0.15, -0.1) is 0 Å². The Hall–Kier alpha value is -0.870. The Morgan fingerprint density at radius 2 is 2.60 bits per heavy atom. The van der Waals surface area contributed by atoms with Gasteiger partial charge < -0.3 is 15.0 Å². The highest BCUT2D eigenvalue weighted by atomic mass is 16.3. The molecule has 0 saturated carbocycles. The van der Waals surface area contributed by atoms with Gasteiger partial charge in [0, 0.05) is 31.4 Å². The van der Waals surface area contributed by atoms with Crippen molar-refractivity contribution in [3.05, 3.63) is 18.2 Å². The van der Waals surface area contributed by atoms with Gasteiger partial charge in [0.15, 0.2) is 0 Å². The number of hydrogen-bond acceptors (Lipinski definition) is 3. The first-order chi connectivity index (χ1) is 7.33. The molecular formula is C11H19N3O. The minimum Gasteiger partial charge on any atom is -0.385 e. The minimum absolute atomic E-state index is 0.312. The lowest BCUT2D eigenvalue weighted by atomic mass is 9.93. The number of aromatic nitrogens is 2. The summed E-state index contributed by atoms with van der Waals surface area (Å²) in [5.41, 5.74) is 0. The first kappa shape index (κ1) is 10.6. The van der Waals surface area contributed by atoms with Crippen LogP contribution in [0.1, 0.15) is 31.7 Å². The lowest BCUT2D eigenvalue weighted by molar-refractivity contribution is 0.0811. The van der Waals surface area contributed by atoms with Crippen LogP contribution in [0.25, 0.3) is 0 Å². The Morgan fingerprint density at radius 1 is 1.73 bits per heavy atom. The summed E-state index contributed by atoms with van der Waals surface area (Å²) in [6.07, 6.45) is 5.50. The molecule has 84 valence electrons. The van der Waals surface area contributed by atoms with E-state index in [9.17, 15) is 5.11 Å². The average Bonchev–Trinajstić information content (AvgIpc) is 2.77. The third-order valence-corrected chi connectivity index (χ3v) is 3.13. The Balaban J connectivity index is 2.08. The highest BCUT2D eigenvalue weighted by molar-refractivity contribution is 4.99. The lowest BCUT2D eigenvalue weighted by Crippen LogP contribution is -2.34. The van der Waals surface area contributed by atoms with Crippen LogP contribution in [0.5, 0.6) is 0 Å². The predicted molar refractivity (Wildman–Crippen MR) is 58.5 cm³/mol. The number of hydrogen-bond donors (Lipinski definition) is 2.